The Hall–Kier alpha value is -2.63. The van der Waals surface area contributed by atoms with E-state index in [1.54, 1.807) is 12.4 Å². The molecule has 0 bridgehead atoms. The Labute approximate surface area is 135 Å². The summed E-state index contributed by atoms with van der Waals surface area (Å²) in [5.41, 5.74) is 0.807. The molecule has 23 heavy (non-hydrogen) atoms. The molecule has 6 nitrogen and oxygen atoms in total. The van der Waals surface area contributed by atoms with E-state index in [-0.39, 0.29) is 6.03 Å². The molecule has 0 spiro atoms. The largest absolute Gasteiger partial charge is 0.341 e. The van der Waals surface area contributed by atoms with Gasteiger partial charge in [-0.3, -0.25) is 0 Å². The highest BCUT2D eigenvalue weighted by atomic mass is 16.2. The molecule has 1 aliphatic heterocycles. The molecule has 0 aliphatic carbocycles. The fourth-order valence-corrected chi connectivity index (χ4v) is 2.73. The quantitative estimate of drug-likeness (QED) is 0.910. The van der Waals surface area contributed by atoms with E-state index in [0.29, 0.717) is 12.5 Å². The third-order valence-corrected chi connectivity index (χ3v) is 4.03. The third-order valence-electron chi connectivity index (χ3n) is 4.03. The van der Waals surface area contributed by atoms with Crippen molar-refractivity contribution in [2.75, 3.05) is 29.9 Å². The summed E-state index contributed by atoms with van der Waals surface area (Å²) in [6.45, 7) is 2.55. The van der Waals surface area contributed by atoms with Crippen molar-refractivity contribution in [3.63, 3.8) is 0 Å². The number of aromatic nitrogens is 2. The highest BCUT2D eigenvalue weighted by Gasteiger charge is 2.21. The van der Waals surface area contributed by atoms with Gasteiger partial charge in [-0.15, -0.1) is 0 Å². The fraction of sp³-hybridized carbons (Fsp3) is 0.353. The molecule has 1 fully saturated rings. The van der Waals surface area contributed by atoms with E-state index in [1.807, 2.05) is 36.4 Å². The number of nitrogens with zero attached hydrogens (tertiary/aromatic N) is 3. The molecular formula is C17H21N5O. The van der Waals surface area contributed by atoms with Gasteiger partial charge in [0.2, 0.25) is 5.95 Å². The molecule has 1 aromatic carbocycles. The Kier molecular flexibility index (Phi) is 5.03. The lowest BCUT2D eigenvalue weighted by atomic mass is 9.97. The lowest BCUT2D eigenvalue weighted by Gasteiger charge is -2.31. The van der Waals surface area contributed by atoms with Crippen molar-refractivity contribution in [2.24, 2.45) is 5.92 Å². The number of urea groups is 1. The molecule has 0 unspecified atom stereocenters. The van der Waals surface area contributed by atoms with E-state index >= 15 is 0 Å². The number of hydrogen-bond donors (Lipinski definition) is 2. The topological polar surface area (TPSA) is 70.2 Å². The zero-order valence-corrected chi connectivity index (χ0v) is 13.0. The zero-order chi connectivity index (χ0) is 15.9. The molecule has 0 radical (unpaired) electrons. The van der Waals surface area contributed by atoms with Crippen molar-refractivity contribution in [1.82, 2.24) is 15.3 Å². The molecular weight excluding hydrogens is 290 g/mol. The number of rotatable bonds is 4. The van der Waals surface area contributed by atoms with Gasteiger partial charge in [0.15, 0.2) is 0 Å². The van der Waals surface area contributed by atoms with Crippen LogP contribution in [0, 0.1) is 5.92 Å². The van der Waals surface area contributed by atoms with Gasteiger partial charge in [0.1, 0.15) is 0 Å². The van der Waals surface area contributed by atoms with Crippen molar-refractivity contribution < 1.29 is 4.79 Å². The lowest BCUT2D eigenvalue weighted by molar-refractivity contribution is 0.248. The van der Waals surface area contributed by atoms with Crippen molar-refractivity contribution in [3.8, 4) is 0 Å². The average Bonchev–Trinajstić information content (AvgIpc) is 2.62. The molecule has 0 saturated carbocycles. The summed E-state index contributed by atoms with van der Waals surface area (Å²) in [5.74, 6) is 1.29. The molecule has 0 atom stereocenters. The van der Waals surface area contributed by atoms with Gasteiger partial charge in [-0.1, -0.05) is 18.2 Å². The maximum atomic E-state index is 11.9. The summed E-state index contributed by atoms with van der Waals surface area (Å²) < 4.78 is 0. The SMILES string of the molecule is O=C(NCC1CCN(c2ncccn2)CC1)Nc1ccccc1. The summed E-state index contributed by atoms with van der Waals surface area (Å²) in [6, 6.07) is 11.1. The number of para-hydroxylation sites is 1. The Morgan fingerprint density at radius 2 is 1.78 bits per heavy atom. The standard InChI is InChI=1S/C17H21N5O/c23-17(21-15-5-2-1-3-6-15)20-13-14-7-11-22(12-8-14)16-18-9-4-10-19-16/h1-6,9-10,14H,7-8,11-13H2,(H2,20,21,23). The minimum Gasteiger partial charge on any atom is -0.341 e. The van der Waals surface area contributed by atoms with Gasteiger partial charge >= 0.3 is 6.03 Å². The van der Waals surface area contributed by atoms with E-state index in [4.69, 9.17) is 0 Å². The Balaban J connectivity index is 1.40. The monoisotopic (exact) mass is 311 g/mol. The van der Waals surface area contributed by atoms with Gasteiger partial charge in [-0.25, -0.2) is 14.8 Å². The second kappa shape index (κ2) is 7.58. The second-order valence-corrected chi connectivity index (χ2v) is 5.68. The molecule has 120 valence electrons. The van der Waals surface area contributed by atoms with Gasteiger partial charge in [0, 0.05) is 37.7 Å². The van der Waals surface area contributed by atoms with Crippen LogP contribution in [0.2, 0.25) is 0 Å². The summed E-state index contributed by atoms with van der Waals surface area (Å²) in [4.78, 5) is 22.7. The van der Waals surface area contributed by atoms with Crippen LogP contribution in [0.4, 0.5) is 16.4 Å². The van der Waals surface area contributed by atoms with E-state index in [0.717, 1.165) is 37.6 Å². The third kappa shape index (κ3) is 4.42. The van der Waals surface area contributed by atoms with Crippen LogP contribution in [0.25, 0.3) is 0 Å². The number of benzene rings is 1. The molecule has 2 aromatic rings. The van der Waals surface area contributed by atoms with Gasteiger partial charge in [-0.05, 0) is 37.0 Å². The second-order valence-electron chi connectivity index (χ2n) is 5.68. The summed E-state index contributed by atoms with van der Waals surface area (Å²) in [7, 11) is 0. The predicted octanol–water partition coefficient (Wildman–Crippen LogP) is 2.51. The maximum Gasteiger partial charge on any atom is 0.319 e. The Bertz CT molecular complexity index is 611. The van der Waals surface area contributed by atoms with Crippen LogP contribution in [0.5, 0.6) is 0 Å². The van der Waals surface area contributed by atoms with E-state index < -0.39 is 0 Å². The Morgan fingerprint density at radius 3 is 2.48 bits per heavy atom. The van der Waals surface area contributed by atoms with Crippen LogP contribution >= 0.6 is 0 Å². The number of piperidine rings is 1. The lowest BCUT2D eigenvalue weighted by Crippen LogP contribution is -2.40. The summed E-state index contributed by atoms with van der Waals surface area (Å²) >= 11 is 0. The van der Waals surface area contributed by atoms with Crippen molar-refractivity contribution in [3.05, 3.63) is 48.8 Å². The molecule has 1 saturated heterocycles. The van der Waals surface area contributed by atoms with E-state index in [1.165, 1.54) is 0 Å². The molecule has 1 aliphatic rings. The van der Waals surface area contributed by atoms with Crippen LogP contribution in [0.3, 0.4) is 0 Å². The predicted molar refractivity (Wildman–Crippen MR) is 90.4 cm³/mol. The number of carbonyl (C=O) groups is 1. The van der Waals surface area contributed by atoms with Crippen molar-refractivity contribution in [2.45, 2.75) is 12.8 Å². The minimum atomic E-state index is -0.148. The Morgan fingerprint density at radius 1 is 1.09 bits per heavy atom. The zero-order valence-electron chi connectivity index (χ0n) is 13.0. The van der Waals surface area contributed by atoms with Crippen LogP contribution < -0.4 is 15.5 Å². The van der Waals surface area contributed by atoms with Crippen LogP contribution in [-0.4, -0.2) is 35.6 Å². The molecule has 2 amide bonds. The molecule has 2 heterocycles. The fourth-order valence-electron chi connectivity index (χ4n) is 2.73. The first-order valence-electron chi connectivity index (χ1n) is 7.93. The average molecular weight is 311 g/mol. The number of nitrogens with one attached hydrogen (secondary N) is 2. The van der Waals surface area contributed by atoms with Gasteiger partial charge in [-0.2, -0.15) is 0 Å². The summed E-state index contributed by atoms with van der Waals surface area (Å²) in [5, 5.41) is 5.79. The molecule has 6 heteroatoms. The first-order chi connectivity index (χ1) is 11.3. The number of amides is 2. The number of anilines is 2. The first kappa shape index (κ1) is 15.3. The normalized spacial score (nSPS) is 15.2. The maximum absolute atomic E-state index is 11.9. The number of carbonyl (C=O) groups excluding carboxylic acids is 1. The highest BCUT2D eigenvalue weighted by molar-refractivity contribution is 5.89. The van der Waals surface area contributed by atoms with Crippen molar-refractivity contribution in [1.29, 1.82) is 0 Å². The van der Waals surface area contributed by atoms with Gasteiger partial charge < -0.3 is 15.5 Å². The number of hydrogen-bond acceptors (Lipinski definition) is 4. The van der Waals surface area contributed by atoms with Gasteiger partial charge in [0.05, 0.1) is 0 Å². The molecule has 3 rings (SSSR count). The van der Waals surface area contributed by atoms with E-state index in [9.17, 15) is 4.79 Å². The van der Waals surface area contributed by atoms with Crippen LogP contribution in [-0.2, 0) is 0 Å². The first-order valence-corrected chi connectivity index (χ1v) is 7.93. The van der Waals surface area contributed by atoms with E-state index in [2.05, 4.69) is 25.5 Å². The summed E-state index contributed by atoms with van der Waals surface area (Å²) in [6.07, 6.45) is 5.60. The minimum absolute atomic E-state index is 0.148. The molecule has 2 N–H and O–H groups in total. The van der Waals surface area contributed by atoms with Gasteiger partial charge in [0.25, 0.3) is 0 Å². The smallest absolute Gasteiger partial charge is 0.319 e. The van der Waals surface area contributed by atoms with Crippen LogP contribution in [0.1, 0.15) is 12.8 Å². The highest BCUT2D eigenvalue weighted by Crippen LogP contribution is 2.19. The molecule has 1 aromatic heterocycles. The van der Waals surface area contributed by atoms with Crippen molar-refractivity contribution >= 4 is 17.7 Å². The van der Waals surface area contributed by atoms with Crippen LogP contribution in [0.15, 0.2) is 48.8 Å².